The topological polar surface area (TPSA) is 64.7 Å². The number of methoxy groups -OCH3 is 1. The Hall–Kier alpha value is -2.79. The number of aliphatic hydroxyl groups is 1. The third-order valence-electron chi connectivity index (χ3n) is 5.15. The number of benzene rings is 1. The lowest BCUT2D eigenvalue weighted by Gasteiger charge is -2.17. The first kappa shape index (κ1) is 18.6. The van der Waals surface area contributed by atoms with E-state index in [2.05, 4.69) is 4.98 Å². The first-order valence-electron chi connectivity index (χ1n) is 9.74. The highest BCUT2D eigenvalue weighted by atomic mass is 16.5. The van der Waals surface area contributed by atoms with Crippen molar-refractivity contribution in [3.05, 3.63) is 54.2 Å². The molecule has 1 N–H and O–H groups in total. The summed E-state index contributed by atoms with van der Waals surface area (Å²) >= 11 is 0. The molecule has 1 unspecified atom stereocenters. The number of aliphatic hydroxyl groups excluding tert-OH is 1. The van der Waals surface area contributed by atoms with Crippen LogP contribution >= 0.6 is 0 Å². The summed E-state index contributed by atoms with van der Waals surface area (Å²) in [7, 11) is 1.64. The first-order chi connectivity index (χ1) is 13.7. The summed E-state index contributed by atoms with van der Waals surface area (Å²) in [6, 6.07) is 13.2. The minimum Gasteiger partial charge on any atom is -0.493 e. The van der Waals surface area contributed by atoms with E-state index in [1.807, 2.05) is 42.5 Å². The molecule has 2 aromatic heterocycles. The van der Waals surface area contributed by atoms with Crippen LogP contribution in [0.5, 0.6) is 11.5 Å². The molecule has 1 saturated carbocycles. The number of hydrogen-bond donors (Lipinski definition) is 1. The summed E-state index contributed by atoms with van der Waals surface area (Å²) < 4.78 is 17.8. The molecule has 0 amide bonds. The number of furan rings is 1. The number of pyridine rings is 1. The van der Waals surface area contributed by atoms with Gasteiger partial charge in [-0.15, -0.1) is 0 Å². The van der Waals surface area contributed by atoms with Crippen LogP contribution in [0.2, 0.25) is 0 Å². The fourth-order valence-electron chi connectivity index (χ4n) is 3.67. The van der Waals surface area contributed by atoms with Gasteiger partial charge in [-0.1, -0.05) is 6.07 Å². The average Bonchev–Trinajstić information content (AvgIpc) is 3.38. The minimum absolute atomic E-state index is 0.223. The largest absolute Gasteiger partial charge is 0.493 e. The molecule has 0 saturated heterocycles. The molecule has 0 bridgehead atoms. The fourth-order valence-corrected chi connectivity index (χ4v) is 3.67. The van der Waals surface area contributed by atoms with Gasteiger partial charge < -0.3 is 19.0 Å². The molecule has 0 aliphatic heterocycles. The zero-order valence-electron chi connectivity index (χ0n) is 16.2. The van der Waals surface area contributed by atoms with Gasteiger partial charge in [0, 0.05) is 17.3 Å². The van der Waals surface area contributed by atoms with Gasteiger partial charge in [-0.3, -0.25) is 4.98 Å². The molecular weight excluding hydrogens is 354 g/mol. The quantitative estimate of drug-likeness (QED) is 0.622. The number of nitrogens with zero attached hydrogens (tertiary/aromatic N) is 1. The van der Waals surface area contributed by atoms with Crippen molar-refractivity contribution in [1.29, 1.82) is 0 Å². The Morgan fingerprint density at radius 1 is 1.11 bits per heavy atom. The minimum atomic E-state index is -0.669. The summed E-state index contributed by atoms with van der Waals surface area (Å²) in [4.78, 5) is 4.35. The fraction of sp³-hybridized carbons (Fsp3) is 0.348. The van der Waals surface area contributed by atoms with Crippen LogP contribution < -0.4 is 9.47 Å². The van der Waals surface area contributed by atoms with Crippen molar-refractivity contribution in [1.82, 2.24) is 4.98 Å². The molecule has 2 heterocycles. The summed E-state index contributed by atoms with van der Waals surface area (Å²) in [5.41, 5.74) is 2.29. The van der Waals surface area contributed by atoms with Gasteiger partial charge in [-0.25, -0.2) is 0 Å². The van der Waals surface area contributed by atoms with Crippen LogP contribution in [0.15, 0.2) is 53.1 Å². The van der Waals surface area contributed by atoms with Gasteiger partial charge >= 0.3 is 0 Å². The molecule has 146 valence electrons. The highest BCUT2D eigenvalue weighted by Gasteiger charge is 2.22. The van der Waals surface area contributed by atoms with Crippen LogP contribution in [0.1, 0.15) is 44.3 Å². The maximum absolute atomic E-state index is 10.3. The van der Waals surface area contributed by atoms with Gasteiger partial charge in [0.05, 0.1) is 19.3 Å². The maximum Gasteiger partial charge on any atom is 0.162 e. The molecule has 0 radical (unpaired) electrons. The van der Waals surface area contributed by atoms with Crippen molar-refractivity contribution in [2.24, 2.45) is 0 Å². The van der Waals surface area contributed by atoms with Crippen LogP contribution in [0.3, 0.4) is 0 Å². The van der Waals surface area contributed by atoms with E-state index < -0.39 is 6.10 Å². The molecule has 0 spiro atoms. The van der Waals surface area contributed by atoms with Gasteiger partial charge in [0.25, 0.3) is 0 Å². The lowest BCUT2D eigenvalue weighted by Crippen LogP contribution is -2.11. The molecule has 4 rings (SSSR count). The first-order valence-corrected chi connectivity index (χ1v) is 9.74. The Balaban J connectivity index is 1.74. The zero-order valence-corrected chi connectivity index (χ0v) is 16.2. The predicted molar refractivity (Wildman–Crippen MR) is 107 cm³/mol. The average molecular weight is 379 g/mol. The van der Waals surface area contributed by atoms with Crippen molar-refractivity contribution in [2.45, 2.75) is 44.8 Å². The molecule has 1 atom stereocenters. The van der Waals surface area contributed by atoms with Gasteiger partial charge in [0.1, 0.15) is 11.5 Å². The van der Waals surface area contributed by atoms with E-state index in [9.17, 15) is 5.11 Å². The van der Waals surface area contributed by atoms with Crippen LogP contribution in [0.25, 0.3) is 22.8 Å². The Bertz CT molecular complexity index is 927. The zero-order chi connectivity index (χ0) is 19.5. The Morgan fingerprint density at radius 2 is 1.93 bits per heavy atom. The van der Waals surface area contributed by atoms with Crippen molar-refractivity contribution in [3.8, 4) is 34.3 Å². The third kappa shape index (κ3) is 3.76. The molecule has 1 aromatic carbocycles. The molecule has 1 aliphatic carbocycles. The Morgan fingerprint density at radius 3 is 2.61 bits per heavy atom. The lowest BCUT2D eigenvalue weighted by molar-refractivity contribution is 0.198. The summed E-state index contributed by atoms with van der Waals surface area (Å²) in [5, 5.41) is 10.3. The van der Waals surface area contributed by atoms with Gasteiger partial charge in [0.15, 0.2) is 17.3 Å². The van der Waals surface area contributed by atoms with E-state index in [0.717, 1.165) is 29.7 Å². The van der Waals surface area contributed by atoms with E-state index in [1.54, 1.807) is 20.2 Å². The van der Waals surface area contributed by atoms with Crippen molar-refractivity contribution >= 4 is 0 Å². The van der Waals surface area contributed by atoms with Crippen LogP contribution in [0.4, 0.5) is 0 Å². The number of ether oxygens (including phenoxy) is 2. The Labute approximate surface area is 164 Å². The summed E-state index contributed by atoms with van der Waals surface area (Å²) in [5.74, 6) is 2.65. The molecule has 28 heavy (non-hydrogen) atoms. The normalized spacial score (nSPS) is 15.5. The van der Waals surface area contributed by atoms with E-state index >= 15 is 0 Å². The molecule has 5 nitrogen and oxygen atoms in total. The van der Waals surface area contributed by atoms with E-state index in [1.165, 1.54) is 12.8 Å². The highest BCUT2D eigenvalue weighted by molar-refractivity contribution is 5.70. The smallest absolute Gasteiger partial charge is 0.162 e. The lowest BCUT2D eigenvalue weighted by atomic mass is 10.0. The number of aromatic nitrogens is 1. The van der Waals surface area contributed by atoms with Crippen molar-refractivity contribution in [2.75, 3.05) is 7.11 Å². The van der Waals surface area contributed by atoms with E-state index in [4.69, 9.17) is 13.9 Å². The molecular formula is C23H25NO4. The van der Waals surface area contributed by atoms with Gasteiger partial charge in [-0.2, -0.15) is 0 Å². The molecule has 5 heteroatoms. The standard InChI is InChI=1S/C23H25NO4/c1-15(25)18-14-21(19-9-5-6-12-24-19)28-23(18)16-10-11-20(26-2)22(13-16)27-17-7-3-4-8-17/h5-6,9-15,17,25H,3-4,7-8H2,1-2H3. The summed E-state index contributed by atoms with van der Waals surface area (Å²) in [6.07, 6.45) is 5.81. The molecule has 1 aliphatic rings. The second-order valence-electron chi connectivity index (χ2n) is 7.18. The van der Waals surface area contributed by atoms with Crippen molar-refractivity contribution in [3.63, 3.8) is 0 Å². The third-order valence-corrected chi connectivity index (χ3v) is 5.15. The van der Waals surface area contributed by atoms with Crippen LogP contribution in [0, 0.1) is 0 Å². The van der Waals surface area contributed by atoms with Crippen LogP contribution in [-0.2, 0) is 0 Å². The second-order valence-corrected chi connectivity index (χ2v) is 7.18. The number of hydrogen-bond acceptors (Lipinski definition) is 5. The molecule has 1 fully saturated rings. The molecule has 3 aromatic rings. The number of rotatable bonds is 6. The monoisotopic (exact) mass is 379 g/mol. The summed E-state index contributed by atoms with van der Waals surface area (Å²) in [6.45, 7) is 1.73. The SMILES string of the molecule is COc1ccc(-c2oc(-c3ccccn3)cc2C(C)O)cc1OC1CCCC1. The van der Waals surface area contributed by atoms with Gasteiger partial charge in [0.2, 0.25) is 0 Å². The highest BCUT2D eigenvalue weighted by Crippen LogP contribution is 2.40. The van der Waals surface area contributed by atoms with E-state index in [-0.39, 0.29) is 6.10 Å². The van der Waals surface area contributed by atoms with Gasteiger partial charge in [-0.05, 0) is 69.0 Å². The second kappa shape index (κ2) is 8.07. The van der Waals surface area contributed by atoms with Crippen molar-refractivity contribution < 1.29 is 19.0 Å². The van der Waals surface area contributed by atoms with E-state index in [0.29, 0.717) is 23.0 Å². The maximum atomic E-state index is 10.3. The Kier molecular flexibility index (Phi) is 5.35. The van der Waals surface area contributed by atoms with Crippen LogP contribution in [-0.4, -0.2) is 23.3 Å². The predicted octanol–water partition coefficient (Wildman–Crippen LogP) is 5.39.